The highest BCUT2D eigenvalue weighted by molar-refractivity contribution is 6.10. The molecule has 2 N–H and O–H groups in total. The fourth-order valence-electron chi connectivity index (χ4n) is 3.45. The molecule has 3 aromatic rings. The molecule has 0 aliphatic carbocycles. The van der Waals surface area contributed by atoms with Crippen LogP contribution in [0.3, 0.4) is 0 Å². The first-order valence-electron chi connectivity index (χ1n) is 10.3. The molecule has 0 aromatic heterocycles. The summed E-state index contributed by atoms with van der Waals surface area (Å²) in [6, 6.07) is 23.2. The van der Waals surface area contributed by atoms with Crippen molar-refractivity contribution in [2.75, 3.05) is 18.5 Å². The number of hydrogen-bond donors (Lipinski definition) is 2. The van der Waals surface area contributed by atoms with Crippen molar-refractivity contribution in [3.05, 3.63) is 90.0 Å². The smallest absolute Gasteiger partial charge is 0.259 e. The number of nitrogens with one attached hydrogen (secondary N) is 2. The van der Waals surface area contributed by atoms with Gasteiger partial charge in [0.2, 0.25) is 0 Å². The minimum absolute atomic E-state index is 0.0488. The molecule has 158 valence electrons. The van der Waals surface area contributed by atoms with E-state index in [0.29, 0.717) is 34.9 Å². The summed E-state index contributed by atoms with van der Waals surface area (Å²) in [5, 5.41) is 5.75. The van der Waals surface area contributed by atoms with Crippen LogP contribution in [0.4, 0.5) is 5.69 Å². The van der Waals surface area contributed by atoms with E-state index in [2.05, 4.69) is 10.6 Å². The van der Waals surface area contributed by atoms with Crippen LogP contribution in [0.1, 0.15) is 33.6 Å². The molecule has 0 unspecified atom stereocenters. The van der Waals surface area contributed by atoms with E-state index in [9.17, 15) is 9.59 Å². The van der Waals surface area contributed by atoms with Crippen LogP contribution < -0.4 is 15.4 Å². The minimum Gasteiger partial charge on any atom is -0.457 e. The third kappa shape index (κ3) is 5.29. The van der Waals surface area contributed by atoms with Gasteiger partial charge in [0.25, 0.3) is 11.8 Å². The van der Waals surface area contributed by atoms with Gasteiger partial charge in [0.1, 0.15) is 11.5 Å². The Labute approximate surface area is 181 Å². The second-order valence-corrected chi connectivity index (χ2v) is 7.26. The number of rotatable bonds is 7. The van der Waals surface area contributed by atoms with Crippen LogP contribution in [0.5, 0.6) is 11.5 Å². The topological polar surface area (TPSA) is 76.7 Å². The van der Waals surface area contributed by atoms with Crippen LogP contribution in [0.15, 0.2) is 78.9 Å². The van der Waals surface area contributed by atoms with Crippen molar-refractivity contribution in [3.63, 3.8) is 0 Å². The maximum absolute atomic E-state index is 13.0. The zero-order valence-electron chi connectivity index (χ0n) is 17.0. The van der Waals surface area contributed by atoms with E-state index in [-0.39, 0.29) is 17.9 Å². The molecule has 1 heterocycles. The van der Waals surface area contributed by atoms with Gasteiger partial charge in [-0.05, 0) is 49.2 Å². The Hall–Kier alpha value is -3.64. The van der Waals surface area contributed by atoms with Gasteiger partial charge < -0.3 is 20.1 Å². The van der Waals surface area contributed by atoms with Crippen molar-refractivity contribution in [1.82, 2.24) is 5.32 Å². The zero-order chi connectivity index (χ0) is 21.5. The Bertz CT molecular complexity index is 1050. The molecule has 1 aliphatic heterocycles. The van der Waals surface area contributed by atoms with Gasteiger partial charge in [0.05, 0.1) is 22.9 Å². The predicted molar refractivity (Wildman–Crippen MR) is 119 cm³/mol. The van der Waals surface area contributed by atoms with Crippen molar-refractivity contribution < 1.29 is 19.1 Å². The number of carbonyl (C=O) groups excluding carboxylic acids is 2. The molecule has 0 saturated carbocycles. The van der Waals surface area contributed by atoms with Crippen molar-refractivity contribution in [1.29, 1.82) is 0 Å². The van der Waals surface area contributed by atoms with Gasteiger partial charge >= 0.3 is 0 Å². The zero-order valence-corrected chi connectivity index (χ0v) is 17.0. The van der Waals surface area contributed by atoms with Gasteiger partial charge in [-0.3, -0.25) is 9.59 Å². The number of benzene rings is 3. The number of ether oxygens (including phenoxy) is 2. The lowest BCUT2D eigenvalue weighted by molar-refractivity contribution is 0.0858. The summed E-state index contributed by atoms with van der Waals surface area (Å²) in [5.41, 5.74) is 1.21. The van der Waals surface area contributed by atoms with Gasteiger partial charge in [-0.15, -0.1) is 0 Å². The average molecular weight is 416 g/mol. The Kier molecular flexibility index (Phi) is 6.59. The van der Waals surface area contributed by atoms with Gasteiger partial charge in [0.15, 0.2) is 0 Å². The standard InChI is InChI=1S/C25H24N2O4/c28-24(26-17-19-11-8-16-30-19)20-12-4-6-14-22(20)27-25(29)21-13-5-7-15-23(21)31-18-9-2-1-3-10-18/h1-7,9-10,12-15,19H,8,11,16-17H2,(H,26,28)(H,27,29)/t19-/m1/s1. The molecule has 31 heavy (non-hydrogen) atoms. The van der Waals surface area contributed by atoms with E-state index in [1.54, 1.807) is 42.5 Å². The van der Waals surface area contributed by atoms with E-state index in [4.69, 9.17) is 9.47 Å². The summed E-state index contributed by atoms with van der Waals surface area (Å²) in [4.78, 5) is 25.7. The highest BCUT2D eigenvalue weighted by Crippen LogP contribution is 2.26. The Morgan fingerprint density at radius 3 is 2.35 bits per heavy atom. The third-order valence-electron chi connectivity index (χ3n) is 5.04. The predicted octanol–water partition coefficient (Wildman–Crippen LogP) is 4.64. The first-order valence-corrected chi connectivity index (χ1v) is 10.3. The molecular formula is C25H24N2O4. The highest BCUT2D eigenvalue weighted by Gasteiger charge is 2.19. The molecule has 0 radical (unpaired) electrons. The number of hydrogen-bond acceptors (Lipinski definition) is 4. The molecule has 1 aliphatic rings. The number of para-hydroxylation sites is 3. The van der Waals surface area contributed by atoms with E-state index in [1.165, 1.54) is 0 Å². The lowest BCUT2D eigenvalue weighted by atomic mass is 10.1. The van der Waals surface area contributed by atoms with E-state index in [0.717, 1.165) is 19.4 Å². The lowest BCUT2D eigenvalue weighted by Gasteiger charge is -2.15. The van der Waals surface area contributed by atoms with Crippen molar-refractivity contribution in [2.45, 2.75) is 18.9 Å². The molecule has 1 fully saturated rings. The third-order valence-corrected chi connectivity index (χ3v) is 5.04. The molecule has 2 amide bonds. The van der Waals surface area contributed by atoms with Crippen LogP contribution in [0.25, 0.3) is 0 Å². The molecule has 1 atom stereocenters. The molecule has 6 nitrogen and oxygen atoms in total. The number of amides is 2. The first-order chi connectivity index (χ1) is 15.2. The molecule has 3 aromatic carbocycles. The van der Waals surface area contributed by atoms with Crippen LogP contribution in [0.2, 0.25) is 0 Å². The number of anilines is 1. The summed E-state index contributed by atoms with van der Waals surface area (Å²) in [6.45, 7) is 1.19. The Morgan fingerprint density at radius 2 is 1.58 bits per heavy atom. The molecule has 1 saturated heterocycles. The Balaban J connectivity index is 1.48. The van der Waals surface area contributed by atoms with Crippen molar-refractivity contribution in [2.24, 2.45) is 0 Å². The van der Waals surface area contributed by atoms with Gasteiger partial charge in [-0.1, -0.05) is 42.5 Å². The highest BCUT2D eigenvalue weighted by atomic mass is 16.5. The molecule has 0 bridgehead atoms. The summed E-state index contributed by atoms with van der Waals surface area (Å²) in [7, 11) is 0. The van der Waals surface area contributed by atoms with Crippen LogP contribution in [-0.4, -0.2) is 31.1 Å². The van der Waals surface area contributed by atoms with Gasteiger partial charge in [0, 0.05) is 13.2 Å². The van der Waals surface area contributed by atoms with Crippen LogP contribution >= 0.6 is 0 Å². The lowest BCUT2D eigenvalue weighted by Crippen LogP contribution is -2.32. The van der Waals surface area contributed by atoms with Crippen LogP contribution in [-0.2, 0) is 4.74 Å². The second-order valence-electron chi connectivity index (χ2n) is 7.26. The summed E-state index contributed by atoms with van der Waals surface area (Å²) in [5.74, 6) is 0.467. The minimum atomic E-state index is -0.356. The van der Waals surface area contributed by atoms with Crippen molar-refractivity contribution in [3.8, 4) is 11.5 Å². The summed E-state index contributed by atoms with van der Waals surface area (Å²) < 4.78 is 11.4. The maximum Gasteiger partial charge on any atom is 0.259 e. The number of carbonyl (C=O) groups is 2. The monoisotopic (exact) mass is 416 g/mol. The average Bonchev–Trinajstić information content (AvgIpc) is 3.33. The van der Waals surface area contributed by atoms with Gasteiger partial charge in [-0.25, -0.2) is 0 Å². The van der Waals surface area contributed by atoms with E-state index in [1.807, 2.05) is 36.4 Å². The first kappa shape index (κ1) is 20.6. The summed E-state index contributed by atoms with van der Waals surface area (Å²) in [6.07, 6.45) is 2.00. The van der Waals surface area contributed by atoms with E-state index < -0.39 is 0 Å². The molecular weight excluding hydrogens is 392 g/mol. The van der Waals surface area contributed by atoms with Crippen LogP contribution in [0, 0.1) is 0 Å². The van der Waals surface area contributed by atoms with E-state index >= 15 is 0 Å². The summed E-state index contributed by atoms with van der Waals surface area (Å²) >= 11 is 0. The molecule has 6 heteroatoms. The molecule has 4 rings (SSSR count). The normalized spacial score (nSPS) is 15.3. The second kappa shape index (κ2) is 9.91. The molecule has 0 spiro atoms. The maximum atomic E-state index is 13.0. The largest absolute Gasteiger partial charge is 0.457 e. The van der Waals surface area contributed by atoms with Crippen molar-refractivity contribution >= 4 is 17.5 Å². The SMILES string of the molecule is O=C(NC[C@H]1CCCO1)c1ccccc1NC(=O)c1ccccc1Oc1ccccc1. The fraction of sp³-hybridized carbons (Fsp3) is 0.200. The van der Waals surface area contributed by atoms with Gasteiger partial charge in [-0.2, -0.15) is 0 Å². The fourth-order valence-corrected chi connectivity index (χ4v) is 3.45. The Morgan fingerprint density at radius 1 is 0.871 bits per heavy atom. The quantitative estimate of drug-likeness (QED) is 0.588.